The zero-order chi connectivity index (χ0) is 20.5. The van der Waals surface area contributed by atoms with E-state index in [1.807, 2.05) is 0 Å². The Labute approximate surface area is 168 Å². The highest BCUT2D eigenvalue weighted by Gasteiger charge is 2.05. The molecule has 28 heavy (non-hydrogen) atoms. The van der Waals surface area contributed by atoms with Crippen molar-refractivity contribution in [2.75, 3.05) is 52.4 Å². The van der Waals surface area contributed by atoms with Gasteiger partial charge in [0.2, 0.25) is 0 Å². The topological polar surface area (TPSA) is 123 Å². The maximum atomic E-state index is 11.9. The fraction of sp³-hybridized carbons (Fsp3) is 0.650. The number of carbonyl (C=O) groups excluding carboxylic acids is 1. The molecule has 0 spiro atoms. The summed E-state index contributed by atoms with van der Waals surface area (Å²) in [6.07, 6.45) is 4.85. The number of unbranched alkanes of at least 4 members (excludes halogenated alkanes) is 1. The summed E-state index contributed by atoms with van der Waals surface area (Å²) < 4.78 is 0. The van der Waals surface area contributed by atoms with Gasteiger partial charge in [-0.15, -0.1) is 0 Å². The smallest absolute Gasteiger partial charge is 0.251 e. The van der Waals surface area contributed by atoms with Crippen molar-refractivity contribution in [1.29, 1.82) is 0 Å². The van der Waals surface area contributed by atoms with Crippen molar-refractivity contribution in [2.45, 2.75) is 32.1 Å². The van der Waals surface area contributed by atoms with Crippen LogP contribution in [0.4, 0.5) is 0 Å². The fourth-order valence-electron chi connectivity index (χ4n) is 2.66. The Bertz CT molecular complexity index is 513. The summed E-state index contributed by atoms with van der Waals surface area (Å²) in [5, 5.41) is 29.9. The molecule has 1 amide bonds. The van der Waals surface area contributed by atoms with Gasteiger partial charge < -0.3 is 32.0 Å². The first-order valence-electron chi connectivity index (χ1n) is 10.3. The number of hydrogen-bond acceptors (Lipinski definition) is 7. The van der Waals surface area contributed by atoms with E-state index in [1.54, 1.807) is 12.1 Å². The normalized spacial score (nSPS) is 11.1. The van der Waals surface area contributed by atoms with Gasteiger partial charge in [-0.3, -0.25) is 4.79 Å². The van der Waals surface area contributed by atoms with E-state index >= 15 is 0 Å². The van der Waals surface area contributed by atoms with Gasteiger partial charge in [0.1, 0.15) is 5.75 Å². The summed E-state index contributed by atoms with van der Waals surface area (Å²) >= 11 is 0. The highest BCUT2D eigenvalue weighted by molar-refractivity contribution is 5.94. The lowest BCUT2D eigenvalue weighted by molar-refractivity contribution is -0.0914. The number of amides is 1. The van der Waals surface area contributed by atoms with Crippen LogP contribution in [0, 0.1) is 0 Å². The molecule has 1 aromatic carbocycles. The SMILES string of the molecule is NCCCCNCCCNCCCN(O)CCCNC(=O)c1ccc(O)cc1. The van der Waals surface area contributed by atoms with Gasteiger partial charge in [-0.25, -0.2) is 0 Å². The molecular formula is C20H37N5O3. The molecule has 0 aliphatic carbocycles. The predicted molar refractivity (Wildman–Crippen MR) is 112 cm³/mol. The number of nitrogens with one attached hydrogen (secondary N) is 3. The Kier molecular flexibility index (Phi) is 14.1. The number of phenols is 1. The molecule has 0 fully saturated rings. The van der Waals surface area contributed by atoms with Gasteiger partial charge in [0, 0.05) is 25.2 Å². The van der Waals surface area contributed by atoms with E-state index in [0.717, 1.165) is 58.4 Å². The second-order valence-electron chi connectivity index (χ2n) is 6.81. The predicted octanol–water partition coefficient (Wildman–Crippen LogP) is 0.902. The Hall–Kier alpha value is -1.71. The average Bonchev–Trinajstić information content (AvgIpc) is 2.69. The van der Waals surface area contributed by atoms with Crippen molar-refractivity contribution < 1.29 is 15.1 Å². The Balaban J connectivity index is 1.89. The van der Waals surface area contributed by atoms with Crippen LogP contribution in [-0.2, 0) is 0 Å². The van der Waals surface area contributed by atoms with Crippen LogP contribution in [0.15, 0.2) is 24.3 Å². The third-order valence-electron chi connectivity index (χ3n) is 4.29. The lowest BCUT2D eigenvalue weighted by Gasteiger charge is -2.15. The molecule has 1 aromatic rings. The van der Waals surface area contributed by atoms with Gasteiger partial charge in [-0.1, -0.05) is 0 Å². The molecular weight excluding hydrogens is 358 g/mol. The molecule has 0 saturated carbocycles. The van der Waals surface area contributed by atoms with Crippen LogP contribution in [0.3, 0.4) is 0 Å². The third kappa shape index (κ3) is 12.6. The van der Waals surface area contributed by atoms with E-state index in [0.29, 0.717) is 31.6 Å². The third-order valence-corrected chi connectivity index (χ3v) is 4.29. The molecule has 0 radical (unpaired) electrons. The Morgan fingerprint density at radius 3 is 2.07 bits per heavy atom. The molecule has 0 bridgehead atoms. The Morgan fingerprint density at radius 2 is 1.43 bits per heavy atom. The number of nitrogens with zero attached hydrogens (tertiary/aromatic N) is 1. The van der Waals surface area contributed by atoms with Crippen molar-refractivity contribution in [1.82, 2.24) is 21.0 Å². The molecule has 0 aliphatic rings. The van der Waals surface area contributed by atoms with E-state index in [9.17, 15) is 15.1 Å². The number of phenolic OH excluding ortho intramolecular Hbond substituents is 1. The number of hydrogen-bond donors (Lipinski definition) is 6. The van der Waals surface area contributed by atoms with Crippen LogP contribution in [-0.4, -0.2) is 73.6 Å². The van der Waals surface area contributed by atoms with E-state index in [-0.39, 0.29) is 11.7 Å². The quantitative estimate of drug-likeness (QED) is 0.171. The van der Waals surface area contributed by atoms with Crippen LogP contribution < -0.4 is 21.7 Å². The fourth-order valence-corrected chi connectivity index (χ4v) is 2.66. The molecule has 7 N–H and O–H groups in total. The highest BCUT2D eigenvalue weighted by Crippen LogP contribution is 2.09. The summed E-state index contributed by atoms with van der Waals surface area (Å²) in [6.45, 7) is 6.28. The zero-order valence-corrected chi connectivity index (χ0v) is 16.8. The van der Waals surface area contributed by atoms with Gasteiger partial charge in [0.15, 0.2) is 0 Å². The monoisotopic (exact) mass is 395 g/mol. The molecule has 0 aromatic heterocycles. The maximum Gasteiger partial charge on any atom is 0.251 e. The van der Waals surface area contributed by atoms with Crippen molar-refractivity contribution in [3.05, 3.63) is 29.8 Å². The minimum atomic E-state index is -0.178. The molecule has 0 saturated heterocycles. The molecule has 1 rings (SSSR count). The van der Waals surface area contributed by atoms with E-state index in [4.69, 9.17) is 5.73 Å². The standard InChI is InChI=1S/C20H37N5O3/c21-10-1-2-11-22-12-3-13-23-14-4-16-25(28)17-5-15-24-20(27)18-6-8-19(26)9-7-18/h6-9,22-23,26,28H,1-5,10-17,21H2,(H,24,27). The largest absolute Gasteiger partial charge is 0.508 e. The van der Waals surface area contributed by atoms with Crippen LogP contribution >= 0.6 is 0 Å². The molecule has 0 atom stereocenters. The maximum absolute atomic E-state index is 11.9. The van der Waals surface area contributed by atoms with Gasteiger partial charge in [-0.05, 0) is 89.1 Å². The first-order valence-corrected chi connectivity index (χ1v) is 10.3. The Morgan fingerprint density at radius 1 is 0.857 bits per heavy atom. The van der Waals surface area contributed by atoms with Gasteiger partial charge >= 0.3 is 0 Å². The van der Waals surface area contributed by atoms with E-state index < -0.39 is 0 Å². The second-order valence-corrected chi connectivity index (χ2v) is 6.81. The lowest BCUT2D eigenvalue weighted by Crippen LogP contribution is -2.30. The van der Waals surface area contributed by atoms with Gasteiger partial charge in [-0.2, -0.15) is 5.06 Å². The zero-order valence-electron chi connectivity index (χ0n) is 16.8. The molecule has 0 unspecified atom stereocenters. The first kappa shape index (κ1) is 24.3. The van der Waals surface area contributed by atoms with Crippen LogP contribution in [0.2, 0.25) is 0 Å². The second kappa shape index (κ2) is 16.3. The number of nitrogens with two attached hydrogens (primary N) is 1. The number of carbonyl (C=O) groups is 1. The molecule has 0 heterocycles. The van der Waals surface area contributed by atoms with Crippen molar-refractivity contribution in [2.24, 2.45) is 5.73 Å². The van der Waals surface area contributed by atoms with Gasteiger partial charge in [0.05, 0.1) is 0 Å². The number of hydroxylamine groups is 2. The highest BCUT2D eigenvalue weighted by atomic mass is 16.5. The van der Waals surface area contributed by atoms with Crippen molar-refractivity contribution in [3.63, 3.8) is 0 Å². The molecule has 160 valence electrons. The number of aromatic hydroxyl groups is 1. The summed E-state index contributed by atoms with van der Waals surface area (Å²) in [5.41, 5.74) is 5.96. The van der Waals surface area contributed by atoms with Crippen molar-refractivity contribution >= 4 is 5.91 Å². The van der Waals surface area contributed by atoms with Crippen molar-refractivity contribution in [3.8, 4) is 5.75 Å². The summed E-state index contributed by atoms with van der Waals surface area (Å²) in [5.74, 6) is -0.0421. The summed E-state index contributed by atoms with van der Waals surface area (Å²) in [6, 6.07) is 6.12. The minimum absolute atomic E-state index is 0.136. The number of benzene rings is 1. The molecule has 8 heteroatoms. The molecule has 8 nitrogen and oxygen atoms in total. The lowest BCUT2D eigenvalue weighted by atomic mass is 10.2. The van der Waals surface area contributed by atoms with E-state index in [1.165, 1.54) is 17.2 Å². The number of rotatable bonds is 17. The first-order chi connectivity index (χ1) is 13.6. The van der Waals surface area contributed by atoms with Gasteiger partial charge in [0.25, 0.3) is 5.91 Å². The van der Waals surface area contributed by atoms with Crippen LogP contribution in [0.1, 0.15) is 42.5 Å². The van der Waals surface area contributed by atoms with Crippen LogP contribution in [0.5, 0.6) is 5.75 Å². The minimum Gasteiger partial charge on any atom is -0.508 e. The van der Waals surface area contributed by atoms with Crippen LogP contribution in [0.25, 0.3) is 0 Å². The average molecular weight is 396 g/mol. The summed E-state index contributed by atoms with van der Waals surface area (Å²) in [4.78, 5) is 11.9. The van der Waals surface area contributed by atoms with E-state index in [2.05, 4.69) is 16.0 Å². The molecule has 0 aliphatic heterocycles. The summed E-state index contributed by atoms with van der Waals surface area (Å²) in [7, 11) is 0.